The van der Waals surface area contributed by atoms with Gasteiger partial charge in [-0.1, -0.05) is 0 Å². The summed E-state index contributed by atoms with van der Waals surface area (Å²) in [6.45, 7) is 4.97. The second kappa shape index (κ2) is 6.98. The van der Waals surface area contributed by atoms with Crippen molar-refractivity contribution in [2.45, 2.75) is 17.6 Å². The maximum absolute atomic E-state index is 12.6. The molecule has 1 aliphatic heterocycles. The zero-order valence-electron chi connectivity index (χ0n) is 12.6. The Balaban J connectivity index is 1.54. The first kappa shape index (κ1) is 17.0. The van der Waals surface area contributed by atoms with Crippen LogP contribution in [0.3, 0.4) is 0 Å². The molecule has 1 fully saturated rings. The Morgan fingerprint density at radius 3 is 2.57 bits per heavy atom. The van der Waals surface area contributed by atoms with E-state index in [-0.39, 0.29) is 0 Å². The van der Waals surface area contributed by atoms with Gasteiger partial charge in [0.2, 0.25) is 11.8 Å². The van der Waals surface area contributed by atoms with E-state index in [9.17, 15) is 8.42 Å². The van der Waals surface area contributed by atoms with E-state index in [1.165, 1.54) is 11.3 Å². The van der Waals surface area contributed by atoms with E-state index < -0.39 is 10.0 Å². The molecule has 7 nitrogen and oxygen atoms in total. The van der Waals surface area contributed by atoms with Crippen LogP contribution in [0.1, 0.15) is 11.8 Å². The van der Waals surface area contributed by atoms with Gasteiger partial charge in [-0.2, -0.15) is 4.31 Å². The molecule has 23 heavy (non-hydrogen) atoms. The van der Waals surface area contributed by atoms with E-state index in [1.54, 1.807) is 23.4 Å². The first-order chi connectivity index (χ1) is 10.9. The van der Waals surface area contributed by atoms with Crippen molar-refractivity contribution in [2.75, 3.05) is 32.7 Å². The first-order valence-electron chi connectivity index (χ1n) is 7.22. The molecule has 3 heterocycles. The summed E-state index contributed by atoms with van der Waals surface area (Å²) in [5.41, 5.74) is 0. The van der Waals surface area contributed by atoms with Crippen molar-refractivity contribution in [3.05, 3.63) is 27.7 Å². The number of hydrogen-bond donors (Lipinski definition) is 0. The van der Waals surface area contributed by atoms with Crippen LogP contribution in [0.5, 0.6) is 0 Å². The third-order valence-electron chi connectivity index (χ3n) is 3.68. The highest BCUT2D eigenvalue weighted by atomic mass is 79.9. The zero-order valence-corrected chi connectivity index (χ0v) is 15.8. The lowest BCUT2D eigenvalue weighted by atomic mass is 10.3. The van der Waals surface area contributed by atoms with E-state index in [4.69, 9.17) is 4.42 Å². The number of sulfonamides is 1. The summed E-state index contributed by atoms with van der Waals surface area (Å²) < 4.78 is 33.2. The lowest BCUT2D eigenvalue weighted by Gasteiger charge is -2.33. The minimum Gasteiger partial charge on any atom is -0.426 e. The monoisotopic (exact) mass is 420 g/mol. The molecule has 2 aromatic heterocycles. The third kappa shape index (κ3) is 4.00. The largest absolute Gasteiger partial charge is 0.426 e. The minimum atomic E-state index is -3.37. The molecule has 2 aromatic rings. The van der Waals surface area contributed by atoms with Crippen LogP contribution < -0.4 is 0 Å². The standard InChI is InChI=1S/C13H17BrN4O3S2/c1-10-15-16-12(21-10)4-5-17-6-8-18(9-7-17)23(19,20)13-3-2-11(14)22-13/h2-3H,4-9H2,1H3. The summed E-state index contributed by atoms with van der Waals surface area (Å²) in [5, 5.41) is 7.78. The number of rotatable bonds is 5. The van der Waals surface area contributed by atoms with Gasteiger partial charge in [0.25, 0.3) is 10.0 Å². The number of nitrogens with zero attached hydrogens (tertiary/aromatic N) is 4. The topological polar surface area (TPSA) is 79.5 Å². The van der Waals surface area contributed by atoms with Crippen LogP contribution in [0.15, 0.2) is 24.5 Å². The molecule has 0 amide bonds. The summed E-state index contributed by atoms with van der Waals surface area (Å²) in [5.74, 6) is 1.19. The lowest BCUT2D eigenvalue weighted by Crippen LogP contribution is -2.48. The van der Waals surface area contributed by atoms with Crippen LogP contribution in [-0.4, -0.2) is 60.5 Å². The Bertz CT molecular complexity index is 766. The van der Waals surface area contributed by atoms with E-state index >= 15 is 0 Å². The maximum atomic E-state index is 12.6. The van der Waals surface area contributed by atoms with Crippen LogP contribution in [-0.2, 0) is 16.4 Å². The highest BCUT2D eigenvalue weighted by Gasteiger charge is 2.29. The summed E-state index contributed by atoms with van der Waals surface area (Å²) in [4.78, 5) is 2.22. The average molecular weight is 421 g/mol. The number of aryl methyl sites for hydroxylation is 1. The van der Waals surface area contributed by atoms with Gasteiger partial charge in [0.1, 0.15) is 4.21 Å². The van der Waals surface area contributed by atoms with Gasteiger partial charge >= 0.3 is 0 Å². The molecule has 10 heteroatoms. The summed E-state index contributed by atoms with van der Waals surface area (Å²) in [6, 6.07) is 3.41. The third-order valence-corrected chi connectivity index (χ3v) is 7.67. The first-order valence-corrected chi connectivity index (χ1v) is 10.3. The zero-order chi connectivity index (χ0) is 16.4. The van der Waals surface area contributed by atoms with E-state index in [2.05, 4.69) is 31.0 Å². The maximum Gasteiger partial charge on any atom is 0.252 e. The van der Waals surface area contributed by atoms with Crippen molar-refractivity contribution in [1.82, 2.24) is 19.4 Å². The fourth-order valence-corrected chi connectivity index (χ4v) is 6.04. The number of thiophene rings is 1. The van der Waals surface area contributed by atoms with Gasteiger partial charge in [0.15, 0.2) is 0 Å². The SMILES string of the molecule is Cc1nnc(CCN2CCN(S(=O)(=O)c3ccc(Br)s3)CC2)o1. The Hall–Kier alpha value is -0.810. The molecule has 0 spiro atoms. The van der Waals surface area contributed by atoms with E-state index in [0.29, 0.717) is 48.6 Å². The smallest absolute Gasteiger partial charge is 0.252 e. The second-order valence-electron chi connectivity index (χ2n) is 5.27. The second-order valence-corrected chi connectivity index (χ2v) is 9.90. The fraction of sp³-hybridized carbons (Fsp3) is 0.538. The van der Waals surface area contributed by atoms with Crippen molar-refractivity contribution in [2.24, 2.45) is 0 Å². The van der Waals surface area contributed by atoms with Crippen molar-refractivity contribution in [3.8, 4) is 0 Å². The molecular formula is C13H17BrN4O3S2. The van der Waals surface area contributed by atoms with E-state index in [0.717, 1.165) is 10.3 Å². The van der Waals surface area contributed by atoms with Gasteiger partial charge in [-0.3, -0.25) is 0 Å². The summed E-state index contributed by atoms with van der Waals surface area (Å²) >= 11 is 4.55. The van der Waals surface area contributed by atoms with Crippen LogP contribution in [0.4, 0.5) is 0 Å². The Labute approximate surface area is 147 Å². The Morgan fingerprint density at radius 2 is 2.00 bits per heavy atom. The van der Waals surface area contributed by atoms with Crippen LogP contribution in [0.25, 0.3) is 0 Å². The average Bonchev–Trinajstić information content (AvgIpc) is 3.14. The molecule has 0 aliphatic carbocycles. The Morgan fingerprint density at radius 1 is 1.26 bits per heavy atom. The predicted molar refractivity (Wildman–Crippen MR) is 90.0 cm³/mol. The molecule has 1 aliphatic rings. The molecule has 0 radical (unpaired) electrons. The van der Waals surface area contributed by atoms with Crippen LogP contribution in [0.2, 0.25) is 0 Å². The van der Waals surface area contributed by atoms with Crippen LogP contribution >= 0.6 is 27.3 Å². The number of hydrogen-bond acceptors (Lipinski definition) is 7. The van der Waals surface area contributed by atoms with Gasteiger partial charge < -0.3 is 9.32 Å². The minimum absolute atomic E-state index is 0.388. The molecule has 1 saturated heterocycles. The van der Waals surface area contributed by atoms with Crippen LogP contribution in [0, 0.1) is 6.92 Å². The number of aromatic nitrogens is 2. The van der Waals surface area contributed by atoms with Crippen molar-refractivity contribution >= 4 is 37.3 Å². The quantitative estimate of drug-likeness (QED) is 0.732. The normalized spacial score (nSPS) is 17.7. The molecule has 3 rings (SSSR count). The van der Waals surface area contributed by atoms with Gasteiger partial charge in [-0.25, -0.2) is 8.42 Å². The highest BCUT2D eigenvalue weighted by Crippen LogP contribution is 2.28. The summed E-state index contributed by atoms with van der Waals surface area (Å²) in [6.07, 6.45) is 0.686. The molecule has 0 unspecified atom stereocenters. The molecule has 0 N–H and O–H groups in total. The molecule has 0 aromatic carbocycles. The van der Waals surface area contributed by atoms with Crippen molar-refractivity contribution in [3.63, 3.8) is 0 Å². The van der Waals surface area contributed by atoms with Crippen molar-refractivity contribution in [1.29, 1.82) is 0 Å². The molecule has 126 valence electrons. The molecule has 0 saturated carbocycles. The molecule has 0 atom stereocenters. The number of halogens is 1. The van der Waals surface area contributed by atoms with E-state index in [1.807, 2.05) is 0 Å². The van der Waals surface area contributed by atoms with Gasteiger partial charge in [0, 0.05) is 46.1 Å². The molecular weight excluding hydrogens is 404 g/mol. The van der Waals surface area contributed by atoms with Gasteiger partial charge in [-0.05, 0) is 28.1 Å². The van der Waals surface area contributed by atoms with Crippen molar-refractivity contribution < 1.29 is 12.8 Å². The summed E-state index contributed by atoms with van der Waals surface area (Å²) in [7, 11) is -3.37. The lowest BCUT2D eigenvalue weighted by molar-refractivity contribution is 0.187. The fourth-order valence-electron chi connectivity index (χ4n) is 2.45. The Kier molecular flexibility index (Phi) is 5.16. The molecule has 0 bridgehead atoms. The number of piperazine rings is 1. The predicted octanol–water partition coefficient (Wildman–Crippen LogP) is 1.75. The highest BCUT2D eigenvalue weighted by molar-refractivity contribution is 9.11. The van der Waals surface area contributed by atoms with Gasteiger partial charge in [-0.15, -0.1) is 21.5 Å². The van der Waals surface area contributed by atoms with Gasteiger partial charge in [0.05, 0.1) is 3.79 Å².